The molecule has 4 N–H and O–H groups in total. The highest BCUT2D eigenvalue weighted by atomic mass is 19.3. The Morgan fingerprint density at radius 1 is 1.18 bits per heavy atom. The molecule has 2 amide bonds. The van der Waals surface area contributed by atoms with Crippen LogP contribution in [0.1, 0.15) is 92.5 Å². The Morgan fingerprint density at radius 3 is 2.49 bits per heavy atom. The Morgan fingerprint density at radius 2 is 1.89 bits per heavy atom. The number of nitrogens with zero attached hydrogens (tertiary/aromatic N) is 3. The molecule has 2 fully saturated rings. The van der Waals surface area contributed by atoms with Crippen molar-refractivity contribution in [2.45, 2.75) is 88.5 Å². The molecule has 246 valence electrons. The number of aliphatic hydroxyl groups is 1. The van der Waals surface area contributed by atoms with Gasteiger partial charge in [-0.05, 0) is 68.3 Å². The highest BCUT2D eigenvalue weighted by Gasteiger charge is 2.46. The molecule has 0 saturated heterocycles. The number of hydrogen-bond donors (Lipinski definition) is 4. The van der Waals surface area contributed by atoms with Crippen molar-refractivity contribution in [2.24, 2.45) is 11.8 Å². The monoisotopic (exact) mass is 642 g/mol. The predicted molar refractivity (Wildman–Crippen MR) is 148 cm³/mol. The molecule has 11 nitrogen and oxygen atoms in total. The van der Waals surface area contributed by atoms with E-state index in [1.807, 2.05) is 0 Å². The summed E-state index contributed by atoms with van der Waals surface area (Å²) in [7, 11) is 0. The fraction of sp³-hybridized carbons (Fsp3) is 0.621. The minimum atomic E-state index is -3.17. The number of fused-ring (bicyclic) bond motifs is 1. The number of imidazole rings is 1. The van der Waals surface area contributed by atoms with Gasteiger partial charge in [-0.3, -0.25) is 9.59 Å². The van der Waals surface area contributed by atoms with Crippen LogP contribution in [0.4, 0.5) is 22.0 Å². The van der Waals surface area contributed by atoms with Crippen molar-refractivity contribution in [1.29, 1.82) is 0 Å². The lowest BCUT2D eigenvalue weighted by atomic mass is 9.79. The number of hydrogen-bond acceptors (Lipinski definition) is 8. The second kappa shape index (κ2) is 12.3. The number of aromatic amines is 1. The van der Waals surface area contributed by atoms with Gasteiger partial charge in [-0.1, -0.05) is 11.2 Å². The summed E-state index contributed by atoms with van der Waals surface area (Å²) in [4.78, 5) is 33.4. The van der Waals surface area contributed by atoms with E-state index in [9.17, 15) is 36.6 Å². The third-order valence-corrected chi connectivity index (χ3v) is 8.17. The Balaban J connectivity index is 1.38. The van der Waals surface area contributed by atoms with Crippen LogP contribution in [0.3, 0.4) is 0 Å². The van der Waals surface area contributed by atoms with Crippen molar-refractivity contribution >= 4 is 22.8 Å². The number of ether oxygens (including phenoxy) is 1. The van der Waals surface area contributed by atoms with Crippen molar-refractivity contribution in [2.75, 3.05) is 13.3 Å². The van der Waals surface area contributed by atoms with Crippen LogP contribution < -0.4 is 10.6 Å². The van der Waals surface area contributed by atoms with Crippen LogP contribution in [0, 0.1) is 11.8 Å². The maximum atomic E-state index is 13.6. The van der Waals surface area contributed by atoms with E-state index in [-0.39, 0.29) is 60.3 Å². The number of amides is 2. The van der Waals surface area contributed by atoms with E-state index in [0.29, 0.717) is 11.0 Å². The first kappa shape index (κ1) is 32.7. The fourth-order valence-corrected chi connectivity index (χ4v) is 5.32. The minimum Gasteiger partial charge on any atom is -0.384 e. The molecule has 0 radical (unpaired) electrons. The Kier molecular flexibility index (Phi) is 8.92. The Hall–Kier alpha value is -3.66. The van der Waals surface area contributed by atoms with Crippen LogP contribution in [-0.4, -0.2) is 68.4 Å². The van der Waals surface area contributed by atoms with Gasteiger partial charge in [-0.25, -0.2) is 31.6 Å². The van der Waals surface area contributed by atoms with Gasteiger partial charge < -0.3 is 25.5 Å². The maximum absolute atomic E-state index is 13.6. The van der Waals surface area contributed by atoms with Gasteiger partial charge in [-0.15, -0.1) is 0 Å². The van der Waals surface area contributed by atoms with Gasteiger partial charge in [0.25, 0.3) is 12.3 Å². The van der Waals surface area contributed by atoms with E-state index in [4.69, 9.17) is 4.74 Å². The van der Waals surface area contributed by atoms with E-state index < -0.39 is 48.8 Å². The molecule has 45 heavy (non-hydrogen) atoms. The second-order valence-electron chi connectivity index (χ2n) is 12.7. The molecule has 3 atom stereocenters. The number of H-pyrrole nitrogens is 1. The number of rotatable bonds is 14. The van der Waals surface area contributed by atoms with Crippen molar-refractivity contribution in [3.63, 3.8) is 0 Å². The molecule has 1 aromatic carbocycles. The first-order valence-corrected chi connectivity index (χ1v) is 14.6. The number of alkyl halides is 5. The van der Waals surface area contributed by atoms with Gasteiger partial charge in [0.05, 0.1) is 23.7 Å². The van der Waals surface area contributed by atoms with Gasteiger partial charge in [0.1, 0.15) is 29.8 Å². The third-order valence-electron chi connectivity index (χ3n) is 8.17. The lowest BCUT2D eigenvalue weighted by Gasteiger charge is -2.34. The van der Waals surface area contributed by atoms with Crippen molar-refractivity contribution in [3.05, 3.63) is 41.0 Å². The molecule has 2 aliphatic rings. The summed E-state index contributed by atoms with van der Waals surface area (Å²) < 4.78 is 77.1. The van der Waals surface area contributed by atoms with Crippen LogP contribution in [0.15, 0.2) is 22.8 Å². The molecule has 2 aromatic heterocycles. The molecular formula is C29H35F5N6O5. The molecule has 2 heterocycles. The van der Waals surface area contributed by atoms with Crippen molar-refractivity contribution in [3.8, 4) is 0 Å². The molecule has 2 aliphatic carbocycles. The predicted octanol–water partition coefficient (Wildman–Crippen LogP) is 4.66. The van der Waals surface area contributed by atoms with Gasteiger partial charge >= 0.3 is 0 Å². The van der Waals surface area contributed by atoms with Crippen molar-refractivity contribution in [1.82, 2.24) is 30.9 Å². The van der Waals surface area contributed by atoms with Crippen LogP contribution in [0.5, 0.6) is 0 Å². The normalized spacial score (nSPS) is 19.6. The topological polar surface area (TPSA) is 155 Å². The van der Waals surface area contributed by atoms with Gasteiger partial charge in [-0.2, -0.15) is 0 Å². The SMILES string of the molecule is CC(C)(O)c1nonc1C(=O)N[C@@H](COC(C)(CF)C(F)F)c1nc2cc([C@H](NC(=O)CC3CC(F)(F)C3)C3CC3)ccc2[nH]1. The molecule has 5 rings (SSSR count). The van der Waals surface area contributed by atoms with Gasteiger partial charge in [0.2, 0.25) is 11.8 Å². The zero-order valence-electron chi connectivity index (χ0n) is 24.9. The number of carbonyl (C=O) groups excluding carboxylic acids is 2. The molecule has 0 aliphatic heterocycles. The second-order valence-corrected chi connectivity index (χ2v) is 12.7. The largest absolute Gasteiger partial charge is 0.384 e. The first-order valence-electron chi connectivity index (χ1n) is 14.6. The molecule has 2 saturated carbocycles. The first-order chi connectivity index (χ1) is 21.1. The molecule has 0 spiro atoms. The van der Waals surface area contributed by atoms with E-state index in [0.717, 1.165) is 25.3 Å². The molecule has 1 unspecified atom stereocenters. The lowest BCUT2D eigenvalue weighted by Crippen LogP contribution is -2.43. The van der Waals surface area contributed by atoms with Crippen LogP contribution >= 0.6 is 0 Å². The van der Waals surface area contributed by atoms with E-state index >= 15 is 0 Å². The summed E-state index contributed by atoms with van der Waals surface area (Å²) in [6.45, 7) is 1.51. The zero-order valence-corrected chi connectivity index (χ0v) is 24.9. The summed E-state index contributed by atoms with van der Waals surface area (Å²) in [5.74, 6) is -4.00. The quantitative estimate of drug-likeness (QED) is 0.185. The zero-order chi connectivity index (χ0) is 32.7. The number of nitrogens with one attached hydrogen (secondary N) is 3. The van der Waals surface area contributed by atoms with E-state index in [1.165, 1.54) is 13.8 Å². The van der Waals surface area contributed by atoms with Crippen molar-refractivity contribution < 1.29 is 46.0 Å². The Bertz CT molecular complexity index is 1530. The van der Waals surface area contributed by atoms with E-state index in [1.54, 1.807) is 18.2 Å². The third kappa shape index (κ3) is 7.43. The Labute approximate surface area is 254 Å². The standard InChI is InChI=1S/C29H35F5N6O5/c1-27(2,43)23-22(39-45-40-23)25(42)37-19(12-44-28(3,13-30)26(31)32)24-35-17-7-6-16(9-18(17)36-24)21(15-4-5-15)38-20(41)8-14-10-29(33,34)11-14/h6-7,9,14-15,19,21,26,43H,4-5,8,10-13H2,1-3H3,(H,35,36)(H,37,42)(H,38,41)/t19-,21+,28?/m0/s1. The fourth-order valence-electron chi connectivity index (χ4n) is 5.32. The highest BCUT2D eigenvalue weighted by molar-refractivity contribution is 5.93. The minimum absolute atomic E-state index is 0.0155. The number of aromatic nitrogens is 4. The molecule has 0 bridgehead atoms. The summed E-state index contributed by atoms with van der Waals surface area (Å²) in [6.07, 6.45) is -2.00. The molecule has 3 aromatic rings. The number of carbonyl (C=O) groups is 2. The molecule has 16 heteroatoms. The average Bonchev–Trinajstić information content (AvgIpc) is 3.48. The maximum Gasteiger partial charge on any atom is 0.276 e. The summed E-state index contributed by atoms with van der Waals surface area (Å²) >= 11 is 0. The van der Waals surface area contributed by atoms with Gasteiger partial charge in [0.15, 0.2) is 11.3 Å². The highest BCUT2D eigenvalue weighted by Crippen LogP contribution is 2.45. The van der Waals surface area contributed by atoms with Crippen LogP contribution in [0.2, 0.25) is 0 Å². The number of halogens is 5. The van der Waals surface area contributed by atoms with Crippen LogP contribution in [-0.2, 0) is 15.1 Å². The summed E-state index contributed by atoms with van der Waals surface area (Å²) in [6, 6.07) is 3.63. The van der Waals surface area contributed by atoms with Crippen LogP contribution in [0.25, 0.3) is 11.0 Å². The lowest BCUT2D eigenvalue weighted by molar-refractivity contribution is -0.143. The number of benzene rings is 1. The average molecular weight is 643 g/mol. The summed E-state index contributed by atoms with van der Waals surface area (Å²) in [5, 5.41) is 23.0. The van der Waals surface area contributed by atoms with E-state index in [2.05, 4.69) is 35.5 Å². The smallest absolute Gasteiger partial charge is 0.276 e. The summed E-state index contributed by atoms with van der Waals surface area (Å²) in [5.41, 5.74) is -2.93. The molecular weight excluding hydrogens is 607 g/mol. The van der Waals surface area contributed by atoms with Gasteiger partial charge in [0, 0.05) is 19.3 Å².